The molecule has 1 saturated heterocycles. The summed E-state index contributed by atoms with van der Waals surface area (Å²) in [7, 11) is 0. The third-order valence-corrected chi connectivity index (χ3v) is 6.52. The van der Waals surface area contributed by atoms with Gasteiger partial charge in [0, 0.05) is 48.9 Å². The first kappa shape index (κ1) is 20.1. The lowest BCUT2D eigenvalue weighted by molar-refractivity contribution is 0.0844. The highest BCUT2D eigenvalue weighted by Gasteiger charge is 2.26. The third kappa shape index (κ3) is 3.69. The Morgan fingerprint density at radius 2 is 2.03 bits per heavy atom. The molecule has 1 aliphatic heterocycles. The summed E-state index contributed by atoms with van der Waals surface area (Å²) in [5, 5.41) is 6.21. The maximum Gasteiger partial charge on any atom is 0.272 e. The van der Waals surface area contributed by atoms with Crippen molar-refractivity contribution in [2.24, 2.45) is 0 Å². The molecule has 4 heterocycles. The Morgan fingerprint density at radius 3 is 2.84 bits per heavy atom. The van der Waals surface area contributed by atoms with E-state index in [1.54, 1.807) is 0 Å². The number of nitrogens with one attached hydrogen (secondary N) is 2. The van der Waals surface area contributed by atoms with Gasteiger partial charge in [-0.05, 0) is 46.0 Å². The molecule has 164 valence electrons. The van der Waals surface area contributed by atoms with Crippen molar-refractivity contribution in [3.05, 3.63) is 56.5 Å². The summed E-state index contributed by atoms with van der Waals surface area (Å²) < 4.78 is 12.7. The van der Waals surface area contributed by atoms with E-state index in [9.17, 15) is 9.59 Å². The number of H-pyrrole nitrogens is 1. The quantitative estimate of drug-likeness (QED) is 0.670. The van der Waals surface area contributed by atoms with Crippen molar-refractivity contribution in [2.45, 2.75) is 64.3 Å². The summed E-state index contributed by atoms with van der Waals surface area (Å²) in [6, 6.07) is 3.02. The standard InChI is InChI=1S/C23H28N4O4/c1-13(24-23(29)22-14(2)31-19-6-4-3-5-16(19)22)17-12-21(28)27-20(25-17)11-18(26-27)15-7-9-30-10-8-15/h11-13,15,26H,3-10H2,1-2H3,(H,24,29)/t13-/m0/s1. The predicted molar refractivity (Wildman–Crippen MR) is 115 cm³/mol. The molecule has 0 spiro atoms. The molecule has 1 amide bonds. The number of carbonyl (C=O) groups excluding carboxylic acids is 1. The average molecular weight is 425 g/mol. The zero-order valence-electron chi connectivity index (χ0n) is 18.0. The predicted octanol–water partition coefficient (Wildman–Crippen LogP) is 3.19. The molecule has 0 saturated carbocycles. The maximum absolute atomic E-state index is 13.0. The maximum atomic E-state index is 13.0. The van der Waals surface area contributed by atoms with Crippen LogP contribution in [-0.2, 0) is 17.6 Å². The number of rotatable bonds is 4. The second-order valence-corrected chi connectivity index (χ2v) is 8.65. The molecule has 8 nitrogen and oxygen atoms in total. The van der Waals surface area contributed by atoms with Crippen LogP contribution in [0.5, 0.6) is 0 Å². The topological polar surface area (TPSA) is 102 Å². The molecule has 5 rings (SSSR count). The fourth-order valence-electron chi connectivity index (χ4n) is 4.81. The monoisotopic (exact) mass is 424 g/mol. The number of ether oxygens (including phenoxy) is 1. The fourth-order valence-corrected chi connectivity index (χ4v) is 4.81. The van der Waals surface area contributed by atoms with E-state index >= 15 is 0 Å². The number of furan rings is 1. The largest absolute Gasteiger partial charge is 0.465 e. The molecule has 3 aromatic heterocycles. The summed E-state index contributed by atoms with van der Waals surface area (Å²) in [6.07, 6.45) is 5.77. The first-order valence-electron chi connectivity index (χ1n) is 11.1. The molecule has 0 aromatic carbocycles. The molecule has 1 aliphatic carbocycles. The summed E-state index contributed by atoms with van der Waals surface area (Å²) in [6.45, 7) is 5.15. The van der Waals surface area contributed by atoms with Crippen LogP contribution in [0.4, 0.5) is 0 Å². The second-order valence-electron chi connectivity index (χ2n) is 8.65. The Morgan fingerprint density at radius 1 is 1.26 bits per heavy atom. The normalized spacial score (nSPS) is 18.1. The number of hydrogen-bond acceptors (Lipinski definition) is 5. The van der Waals surface area contributed by atoms with Gasteiger partial charge >= 0.3 is 0 Å². The molecular weight excluding hydrogens is 396 g/mol. The molecule has 3 aromatic rings. The number of amides is 1. The van der Waals surface area contributed by atoms with Gasteiger partial charge in [0.15, 0.2) is 5.65 Å². The molecule has 0 unspecified atom stereocenters. The van der Waals surface area contributed by atoms with Crippen LogP contribution < -0.4 is 10.9 Å². The van der Waals surface area contributed by atoms with Crippen LogP contribution in [0, 0.1) is 6.92 Å². The zero-order chi connectivity index (χ0) is 21.5. The van der Waals surface area contributed by atoms with Crippen LogP contribution in [0.2, 0.25) is 0 Å². The van der Waals surface area contributed by atoms with Gasteiger partial charge < -0.3 is 14.5 Å². The first-order valence-corrected chi connectivity index (χ1v) is 11.1. The van der Waals surface area contributed by atoms with E-state index in [1.807, 2.05) is 19.9 Å². The van der Waals surface area contributed by atoms with Crippen molar-refractivity contribution in [3.8, 4) is 0 Å². The van der Waals surface area contributed by atoms with Gasteiger partial charge in [-0.3, -0.25) is 14.7 Å². The van der Waals surface area contributed by atoms with Crippen LogP contribution in [-0.4, -0.2) is 33.7 Å². The van der Waals surface area contributed by atoms with Crippen molar-refractivity contribution in [2.75, 3.05) is 13.2 Å². The minimum absolute atomic E-state index is 0.170. The van der Waals surface area contributed by atoms with Gasteiger partial charge in [-0.25, -0.2) is 9.50 Å². The molecule has 31 heavy (non-hydrogen) atoms. The zero-order valence-corrected chi connectivity index (χ0v) is 18.0. The lowest BCUT2D eigenvalue weighted by Crippen LogP contribution is -2.30. The highest BCUT2D eigenvalue weighted by molar-refractivity contribution is 5.97. The van der Waals surface area contributed by atoms with E-state index in [1.165, 1.54) is 10.6 Å². The minimum atomic E-state index is -0.403. The van der Waals surface area contributed by atoms with Crippen LogP contribution in [0.1, 0.15) is 83.4 Å². The number of fused-ring (bicyclic) bond motifs is 2. The second kappa shape index (κ2) is 8.00. The smallest absolute Gasteiger partial charge is 0.272 e. The van der Waals surface area contributed by atoms with Gasteiger partial charge in [0.1, 0.15) is 11.5 Å². The number of aromatic amines is 1. The lowest BCUT2D eigenvalue weighted by atomic mass is 9.94. The van der Waals surface area contributed by atoms with Crippen molar-refractivity contribution < 1.29 is 13.9 Å². The van der Waals surface area contributed by atoms with Crippen molar-refractivity contribution >= 4 is 11.6 Å². The number of aryl methyl sites for hydroxylation is 2. The van der Waals surface area contributed by atoms with E-state index < -0.39 is 6.04 Å². The van der Waals surface area contributed by atoms with Gasteiger partial charge in [-0.15, -0.1) is 0 Å². The van der Waals surface area contributed by atoms with E-state index in [4.69, 9.17) is 9.15 Å². The van der Waals surface area contributed by atoms with E-state index in [0.717, 1.165) is 68.8 Å². The Hall–Kier alpha value is -2.87. The van der Waals surface area contributed by atoms with Crippen LogP contribution in [0.25, 0.3) is 5.65 Å². The average Bonchev–Trinajstić information content (AvgIpc) is 3.35. The Kier molecular flexibility index (Phi) is 5.17. The first-order chi connectivity index (χ1) is 15.0. The van der Waals surface area contributed by atoms with Crippen LogP contribution >= 0.6 is 0 Å². The number of nitrogens with zero attached hydrogens (tertiary/aromatic N) is 2. The molecule has 0 bridgehead atoms. The molecule has 1 fully saturated rings. The highest BCUT2D eigenvalue weighted by atomic mass is 16.5. The number of hydrogen-bond donors (Lipinski definition) is 2. The summed E-state index contributed by atoms with van der Waals surface area (Å²) >= 11 is 0. The van der Waals surface area contributed by atoms with Gasteiger partial charge in [-0.2, -0.15) is 0 Å². The van der Waals surface area contributed by atoms with E-state index in [-0.39, 0.29) is 11.5 Å². The molecule has 2 aliphatic rings. The third-order valence-electron chi connectivity index (χ3n) is 6.52. The van der Waals surface area contributed by atoms with Crippen molar-refractivity contribution in [1.29, 1.82) is 0 Å². The van der Waals surface area contributed by atoms with Gasteiger partial charge in [0.05, 0.1) is 17.3 Å². The van der Waals surface area contributed by atoms with E-state index in [0.29, 0.717) is 28.6 Å². The van der Waals surface area contributed by atoms with Gasteiger partial charge in [0.2, 0.25) is 0 Å². The molecule has 8 heteroatoms. The molecular formula is C23H28N4O4. The Bertz CT molecular complexity index is 1180. The van der Waals surface area contributed by atoms with Crippen LogP contribution in [0.15, 0.2) is 21.3 Å². The number of carbonyl (C=O) groups is 1. The molecule has 2 N–H and O–H groups in total. The number of aromatic nitrogens is 3. The highest BCUT2D eigenvalue weighted by Crippen LogP contribution is 2.30. The van der Waals surface area contributed by atoms with Crippen molar-refractivity contribution in [1.82, 2.24) is 19.9 Å². The summed E-state index contributed by atoms with van der Waals surface area (Å²) in [5.74, 6) is 1.76. The Labute approximate surface area is 180 Å². The van der Waals surface area contributed by atoms with E-state index in [2.05, 4.69) is 15.4 Å². The van der Waals surface area contributed by atoms with Crippen molar-refractivity contribution in [3.63, 3.8) is 0 Å². The fraction of sp³-hybridized carbons (Fsp3) is 0.522. The lowest BCUT2D eigenvalue weighted by Gasteiger charge is -2.20. The minimum Gasteiger partial charge on any atom is -0.465 e. The van der Waals surface area contributed by atoms with Gasteiger partial charge in [0.25, 0.3) is 11.5 Å². The summed E-state index contributed by atoms with van der Waals surface area (Å²) in [5.41, 5.74) is 3.61. The summed E-state index contributed by atoms with van der Waals surface area (Å²) in [4.78, 5) is 30.4. The Balaban J connectivity index is 1.39. The van der Waals surface area contributed by atoms with Crippen LogP contribution in [0.3, 0.4) is 0 Å². The van der Waals surface area contributed by atoms with Gasteiger partial charge in [-0.1, -0.05) is 0 Å². The molecule has 1 atom stereocenters. The SMILES string of the molecule is Cc1oc2c(c1C(=O)N[C@@H](C)c1cc(=O)n3[nH]c(C4CCOCC4)cc3n1)CCCC2. The molecule has 0 radical (unpaired) electrons.